The lowest BCUT2D eigenvalue weighted by molar-refractivity contribution is 0.182. The van der Waals surface area contributed by atoms with Gasteiger partial charge in [-0.05, 0) is 83.1 Å². The molecule has 3 N–H and O–H groups in total. The number of ether oxygens (including phenoxy) is 1. The molecular formula is C40H48N6O3Si. The van der Waals surface area contributed by atoms with Gasteiger partial charge in [-0.3, -0.25) is 4.79 Å². The second kappa shape index (κ2) is 16.7. The Labute approximate surface area is 295 Å². The van der Waals surface area contributed by atoms with Crippen LogP contribution in [0.1, 0.15) is 55.2 Å². The van der Waals surface area contributed by atoms with Crippen molar-refractivity contribution in [1.82, 2.24) is 10.3 Å². The Morgan fingerprint density at radius 1 is 0.860 bits per heavy atom. The number of benzene rings is 4. The van der Waals surface area contributed by atoms with Gasteiger partial charge in [0.25, 0.3) is 0 Å². The first-order chi connectivity index (χ1) is 24.0. The van der Waals surface area contributed by atoms with Crippen molar-refractivity contribution in [2.75, 3.05) is 25.0 Å². The normalized spacial score (nSPS) is 13.0. The van der Waals surface area contributed by atoms with Gasteiger partial charge in [-0.15, -0.1) is 0 Å². The third kappa shape index (κ3) is 9.64. The SMILES string of the molecule is CC(C)(C)[Si](C)(C)O[C@@H](CNCCc1ccc(NC[C@H](N=[N+]=[N-])c2ccccc2)cc1)c1ccc(OCc2ccccc2)c2[nH]c(=O)ccc12. The predicted octanol–water partition coefficient (Wildman–Crippen LogP) is 9.47. The minimum absolute atomic E-state index is 0.0198. The van der Waals surface area contributed by atoms with Crippen LogP contribution < -0.4 is 20.9 Å². The molecule has 0 aliphatic heterocycles. The zero-order chi connectivity index (χ0) is 35.6. The number of nitrogens with one attached hydrogen (secondary N) is 3. The molecule has 0 fully saturated rings. The summed E-state index contributed by atoms with van der Waals surface area (Å²) in [7, 11) is -2.17. The van der Waals surface area contributed by atoms with Crippen LogP contribution in [-0.4, -0.2) is 32.9 Å². The number of H-pyrrole nitrogens is 1. The summed E-state index contributed by atoms with van der Waals surface area (Å²) in [6.07, 6.45) is 0.617. The average Bonchev–Trinajstić information content (AvgIpc) is 3.11. The number of pyridine rings is 1. The zero-order valence-corrected chi connectivity index (χ0v) is 30.6. The summed E-state index contributed by atoms with van der Waals surface area (Å²) in [4.78, 5) is 18.6. The Kier molecular flexibility index (Phi) is 12.2. The Morgan fingerprint density at radius 3 is 2.24 bits per heavy atom. The quantitative estimate of drug-likeness (QED) is 0.0313. The summed E-state index contributed by atoms with van der Waals surface area (Å²) in [6, 6.07) is 35.3. The van der Waals surface area contributed by atoms with E-state index in [4.69, 9.17) is 14.7 Å². The minimum Gasteiger partial charge on any atom is -0.487 e. The number of azide groups is 1. The van der Waals surface area contributed by atoms with E-state index in [0.717, 1.165) is 40.7 Å². The fourth-order valence-corrected chi connectivity index (χ4v) is 6.84. The van der Waals surface area contributed by atoms with Crippen LogP contribution in [0.3, 0.4) is 0 Å². The first-order valence-electron chi connectivity index (χ1n) is 17.2. The summed E-state index contributed by atoms with van der Waals surface area (Å²) >= 11 is 0. The van der Waals surface area contributed by atoms with Crippen molar-refractivity contribution >= 4 is 24.9 Å². The first-order valence-corrected chi connectivity index (χ1v) is 20.1. The van der Waals surface area contributed by atoms with Gasteiger partial charge >= 0.3 is 0 Å². The van der Waals surface area contributed by atoms with Crippen LogP contribution in [-0.2, 0) is 17.5 Å². The van der Waals surface area contributed by atoms with E-state index in [2.05, 4.69) is 89.8 Å². The fraction of sp³-hybridized carbons (Fsp3) is 0.325. The predicted molar refractivity (Wildman–Crippen MR) is 206 cm³/mol. The molecule has 0 radical (unpaired) electrons. The summed E-state index contributed by atoms with van der Waals surface area (Å²) in [5, 5.41) is 12.0. The van der Waals surface area contributed by atoms with Crippen LogP contribution >= 0.6 is 0 Å². The maximum absolute atomic E-state index is 12.5. The number of rotatable bonds is 16. The highest BCUT2D eigenvalue weighted by atomic mass is 28.4. The molecule has 0 saturated heterocycles. The fourth-order valence-electron chi connectivity index (χ4n) is 5.56. The molecule has 0 aliphatic carbocycles. The van der Waals surface area contributed by atoms with Crippen LogP contribution in [0.2, 0.25) is 18.1 Å². The zero-order valence-electron chi connectivity index (χ0n) is 29.6. The third-order valence-corrected chi connectivity index (χ3v) is 14.0. The highest BCUT2D eigenvalue weighted by Crippen LogP contribution is 2.41. The number of nitrogens with zero attached hydrogens (tertiary/aromatic N) is 3. The average molecular weight is 689 g/mol. The summed E-state index contributed by atoms with van der Waals surface area (Å²) in [5.41, 5.74) is 14.8. The van der Waals surface area contributed by atoms with Crippen molar-refractivity contribution in [2.24, 2.45) is 5.11 Å². The first kappa shape index (κ1) is 36.4. The number of hydrogen-bond donors (Lipinski definition) is 3. The van der Waals surface area contributed by atoms with Crippen molar-refractivity contribution in [3.63, 3.8) is 0 Å². The van der Waals surface area contributed by atoms with Gasteiger partial charge in [-0.1, -0.05) is 105 Å². The molecule has 0 amide bonds. The molecule has 4 aromatic carbocycles. The van der Waals surface area contributed by atoms with E-state index >= 15 is 0 Å². The molecular weight excluding hydrogens is 641 g/mol. The number of aromatic nitrogens is 1. The van der Waals surface area contributed by atoms with E-state index in [9.17, 15) is 4.79 Å². The van der Waals surface area contributed by atoms with Crippen LogP contribution in [0.5, 0.6) is 5.75 Å². The summed E-state index contributed by atoms with van der Waals surface area (Å²) in [5.74, 6) is 0.635. The molecule has 1 aromatic heterocycles. The lowest BCUT2D eigenvalue weighted by Crippen LogP contribution is -2.43. The molecule has 10 heteroatoms. The van der Waals surface area contributed by atoms with Crippen molar-refractivity contribution in [2.45, 2.75) is 64.1 Å². The van der Waals surface area contributed by atoms with Crippen molar-refractivity contribution in [3.8, 4) is 5.75 Å². The van der Waals surface area contributed by atoms with Crippen molar-refractivity contribution < 1.29 is 9.16 Å². The van der Waals surface area contributed by atoms with Crippen LogP contribution in [0, 0.1) is 0 Å². The number of anilines is 1. The largest absolute Gasteiger partial charge is 0.487 e. The van der Waals surface area contributed by atoms with Crippen LogP contribution in [0.15, 0.2) is 119 Å². The highest BCUT2D eigenvalue weighted by Gasteiger charge is 2.39. The molecule has 0 bridgehead atoms. The van der Waals surface area contributed by atoms with Crippen molar-refractivity contribution in [1.29, 1.82) is 0 Å². The van der Waals surface area contributed by atoms with Gasteiger partial charge in [0.15, 0.2) is 8.32 Å². The maximum Gasteiger partial charge on any atom is 0.248 e. The molecule has 50 heavy (non-hydrogen) atoms. The smallest absolute Gasteiger partial charge is 0.248 e. The maximum atomic E-state index is 12.5. The number of hydrogen-bond acceptors (Lipinski definition) is 6. The van der Waals surface area contributed by atoms with E-state index in [1.165, 1.54) is 5.56 Å². The van der Waals surface area contributed by atoms with Gasteiger partial charge in [0.05, 0.1) is 17.7 Å². The Balaban J connectivity index is 1.27. The Hall–Kier alpha value is -4.86. The molecule has 260 valence electrons. The minimum atomic E-state index is -2.17. The van der Waals surface area contributed by atoms with Gasteiger partial charge in [0.1, 0.15) is 12.4 Å². The molecule has 1 heterocycles. The lowest BCUT2D eigenvalue weighted by Gasteiger charge is -2.39. The third-order valence-electron chi connectivity index (χ3n) is 9.47. The van der Waals surface area contributed by atoms with Gasteiger partial charge in [-0.2, -0.15) is 0 Å². The number of fused-ring (bicyclic) bond motifs is 1. The van der Waals surface area contributed by atoms with E-state index in [1.807, 2.05) is 72.8 Å². The second-order valence-corrected chi connectivity index (χ2v) is 18.8. The summed E-state index contributed by atoms with van der Waals surface area (Å²) < 4.78 is 13.3. The van der Waals surface area contributed by atoms with Crippen LogP contribution in [0.25, 0.3) is 21.3 Å². The monoisotopic (exact) mass is 688 g/mol. The van der Waals surface area contributed by atoms with E-state index in [1.54, 1.807) is 6.07 Å². The van der Waals surface area contributed by atoms with Crippen LogP contribution in [0.4, 0.5) is 5.69 Å². The van der Waals surface area contributed by atoms with Gasteiger partial charge < -0.3 is 24.8 Å². The van der Waals surface area contributed by atoms with Gasteiger partial charge in [0, 0.05) is 35.1 Å². The van der Waals surface area contributed by atoms with Crippen molar-refractivity contribution in [3.05, 3.63) is 152 Å². The Bertz CT molecular complexity index is 1940. The second-order valence-electron chi connectivity index (χ2n) is 14.1. The summed E-state index contributed by atoms with van der Waals surface area (Å²) in [6.45, 7) is 13.6. The molecule has 0 aliphatic rings. The molecule has 0 saturated carbocycles. The molecule has 0 unspecified atom stereocenters. The van der Waals surface area contributed by atoms with E-state index < -0.39 is 8.32 Å². The van der Waals surface area contributed by atoms with Gasteiger partial charge in [0.2, 0.25) is 5.56 Å². The molecule has 5 aromatic rings. The van der Waals surface area contributed by atoms with E-state index in [-0.39, 0.29) is 22.7 Å². The lowest BCUT2D eigenvalue weighted by atomic mass is 10.0. The topological polar surface area (TPSA) is 124 Å². The number of aromatic amines is 1. The molecule has 0 spiro atoms. The molecule has 5 rings (SSSR count). The standard InChI is InChI=1S/C40H48N6O3Si/c1-40(2,3)50(4,5)49-37(33-20-22-36(39-34(33)21-23-38(47)44-39)48-28-30-12-8-6-9-13-30)27-42-25-24-29-16-18-32(19-17-29)43-26-35(45-46-41)31-14-10-7-11-15-31/h6-23,35,37,42-43H,24-28H2,1-5H3,(H,44,47)/t35-,37-/m0/s1. The van der Waals surface area contributed by atoms with E-state index in [0.29, 0.717) is 31.0 Å². The molecule has 2 atom stereocenters. The Morgan fingerprint density at radius 2 is 1.56 bits per heavy atom. The highest BCUT2D eigenvalue weighted by molar-refractivity contribution is 6.74. The molecule has 9 nitrogen and oxygen atoms in total. The van der Waals surface area contributed by atoms with Gasteiger partial charge in [-0.25, -0.2) is 0 Å².